The number of carbonyl (C=O) groups excluding carboxylic acids is 4. The number of nitrogens with zero attached hydrogens (tertiary/aromatic N) is 1. The molecule has 3 atom stereocenters. The smallest absolute Gasteiger partial charge is 0.308 e. The first-order valence-corrected chi connectivity index (χ1v) is 25.7. The van der Waals surface area contributed by atoms with Gasteiger partial charge in [0.25, 0.3) is 0 Å². The molecule has 0 aliphatic rings. The summed E-state index contributed by atoms with van der Waals surface area (Å²) in [6.07, 6.45) is 32.0. The Balaban J connectivity index is 4.58. The van der Waals surface area contributed by atoms with E-state index >= 15 is 0 Å². The van der Waals surface area contributed by atoms with E-state index in [1.807, 2.05) is 0 Å². The van der Waals surface area contributed by atoms with E-state index in [-0.39, 0.29) is 55.2 Å². The molecular formula is C51H97NO8. The predicted octanol–water partition coefficient (Wildman–Crippen LogP) is 13.7. The van der Waals surface area contributed by atoms with Gasteiger partial charge in [-0.05, 0) is 77.3 Å². The van der Waals surface area contributed by atoms with Crippen LogP contribution < -0.4 is 0 Å². The van der Waals surface area contributed by atoms with E-state index in [0.717, 1.165) is 90.1 Å². The van der Waals surface area contributed by atoms with Crippen LogP contribution in [0.5, 0.6) is 0 Å². The second-order valence-corrected chi connectivity index (χ2v) is 17.4. The number of rotatable bonds is 45. The molecule has 0 radical (unpaired) electrons. The lowest BCUT2D eigenvalue weighted by Gasteiger charge is -2.25. The van der Waals surface area contributed by atoms with Crippen LogP contribution in [0.4, 0.5) is 0 Å². The lowest BCUT2D eigenvalue weighted by Crippen LogP contribution is -2.38. The second-order valence-electron chi connectivity index (χ2n) is 17.4. The van der Waals surface area contributed by atoms with E-state index in [1.54, 1.807) is 0 Å². The Morgan fingerprint density at radius 1 is 0.400 bits per heavy atom. The topological polar surface area (TPSA) is 108 Å². The molecule has 0 bridgehead atoms. The summed E-state index contributed by atoms with van der Waals surface area (Å²) in [4.78, 5) is 53.6. The van der Waals surface area contributed by atoms with Crippen molar-refractivity contribution in [3.05, 3.63) is 0 Å². The van der Waals surface area contributed by atoms with Gasteiger partial charge in [-0.15, -0.1) is 0 Å². The van der Waals surface area contributed by atoms with E-state index in [4.69, 9.17) is 18.9 Å². The van der Waals surface area contributed by atoms with Gasteiger partial charge in [-0.1, -0.05) is 170 Å². The molecule has 354 valence electrons. The minimum Gasteiger partial charge on any atom is -0.465 e. The summed E-state index contributed by atoms with van der Waals surface area (Å²) in [6.45, 7) is 15.9. The van der Waals surface area contributed by atoms with Gasteiger partial charge in [0.05, 0.1) is 25.0 Å². The molecule has 0 aromatic rings. The molecule has 0 N–H and O–H groups in total. The number of hydrogen-bond donors (Lipinski definition) is 0. The summed E-state index contributed by atoms with van der Waals surface area (Å²) < 4.78 is 22.9. The lowest BCUT2D eigenvalue weighted by atomic mass is 9.94. The van der Waals surface area contributed by atoms with Crippen molar-refractivity contribution in [3.63, 3.8) is 0 Å². The predicted molar refractivity (Wildman–Crippen MR) is 248 cm³/mol. The second kappa shape index (κ2) is 43.5. The fourth-order valence-electron chi connectivity index (χ4n) is 7.81. The Morgan fingerprint density at radius 2 is 0.750 bits per heavy atom. The van der Waals surface area contributed by atoms with Gasteiger partial charge in [-0.25, -0.2) is 0 Å². The lowest BCUT2D eigenvalue weighted by molar-refractivity contribution is -0.160. The van der Waals surface area contributed by atoms with Gasteiger partial charge in [0, 0.05) is 19.4 Å². The highest BCUT2D eigenvalue weighted by Gasteiger charge is 2.22. The highest BCUT2D eigenvalue weighted by Crippen LogP contribution is 2.22. The van der Waals surface area contributed by atoms with Crippen molar-refractivity contribution >= 4 is 23.9 Å². The molecule has 0 aliphatic carbocycles. The van der Waals surface area contributed by atoms with Gasteiger partial charge in [0.15, 0.2) is 0 Å². The van der Waals surface area contributed by atoms with E-state index in [2.05, 4.69) is 46.4 Å². The summed E-state index contributed by atoms with van der Waals surface area (Å²) in [5, 5.41) is 0. The van der Waals surface area contributed by atoms with Crippen molar-refractivity contribution in [3.8, 4) is 0 Å². The minimum atomic E-state index is -0.533. The van der Waals surface area contributed by atoms with E-state index < -0.39 is 6.10 Å². The van der Waals surface area contributed by atoms with Crippen LogP contribution >= 0.6 is 0 Å². The normalized spacial score (nSPS) is 12.9. The van der Waals surface area contributed by atoms with Crippen molar-refractivity contribution in [1.82, 2.24) is 4.90 Å². The first-order valence-electron chi connectivity index (χ1n) is 25.7. The SMILES string of the molecule is CCCCCCCCC(CCCCCC)C(=O)OCCCCCC(=O)OCC(CN(CC)CC)OC(=O)CCCCCOC(=O)C(CCCCCC)CCCCCCCC. The molecule has 0 spiro atoms. The molecule has 0 fully saturated rings. The Hall–Kier alpha value is -2.16. The standard InChI is InChI=1S/C51H97NO8/c1-7-13-17-21-23-29-37-45(35-27-19-15-9-3)50(55)57-41-33-25-31-39-48(53)59-44-47(43-52(11-5)12-6)60-49(54)40-32-26-34-42-58-51(56)46(36-28-20-16-10-4)38-30-24-22-18-14-8-2/h45-47H,7-44H2,1-6H3. The van der Waals surface area contributed by atoms with Crippen molar-refractivity contribution in [2.24, 2.45) is 11.8 Å². The van der Waals surface area contributed by atoms with Crippen LogP contribution in [0.15, 0.2) is 0 Å². The van der Waals surface area contributed by atoms with Crippen LogP contribution in [0, 0.1) is 11.8 Å². The van der Waals surface area contributed by atoms with Gasteiger partial charge in [0.1, 0.15) is 12.7 Å². The van der Waals surface area contributed by atoms with Crippen molar-refractivity contribution in [2.45, 2.75) is 253 Å². The maximum atomic E-state index is 13.0. The average Bonchev–Trinajstić information content (AvgIpc) is 3.24. The Morgan fingerprint density at radius 3 is 1.15 bits per heavy atom. The number of hydrogen-bond acceptors (Lipinski definition) is 9. The highest BCUT2D eigenvalue weighted by molar-refractivity contribution is 5.73. The molecule has 0 rings (SSSR count). The van der Waals surface area contributed by atoms with Gasteiger partial charge >= 0.3 is 23.9 Å². The van der Waals surface area contributed by atoms with Crippen LogP contribution in [0.1, 0.15) is 247 Å². The molecular weight excluding hydrogens is 755 g/mol. The molecule has 0 amide bonds. The van der Waals surface area contributed by atoms with Gasteiger partial charge in [-0.3, -0.25) is 19.2 Å². The monoisotopic (exact) mass is 852 g/mol. The van der Waals surface area contributed by atoms with Gasteiger partial charge in [-0.2, -0.15) is 0 Å². The Bertz CT molecular complexity index is 1000. The molecule has 0 saturated carbocycles. The van der Waals surface area contributed by atoms with Crippen LogP contribution in [0.3, 0.4) is 0 Å². The van der Waals surface area contributed by atoms with Crippen molar-refractivity contribution in [1.29, 1.82) is 0 Å². The van der Waals surface area contributed by atoms with Crippen LogP contribution in [-0.4, -0.2) is 74.3 Å². The zero-order valence-electron chi connectivity index (χ0n) is 40.3. The summed E-state index contributed by atoms with van der Waals surface area (Å²) in [7, 11) is 0. The third kappa shape index (κ3) is 35.4. The van der Waals surface area contributed by atoms with E-state index in [9.17, 15) is 19.2 Å². The van der Waals surface area contributed by atoms with Crippen molar-refractivity contribution in [2.75, 3.05) is 39.5 Å². The van der Waals surface area contributed by atoms with Crippen LogP contribution in [-0.2, 0) is 38.1 Å². The number of unbranched alkanes of at least 4 members (excludes halogenated alkanes) is 20. The van der Waals surface area contributed by atoms with Gasteiger partial charge < -0.3 is 23.8 Å². The first-order chi connectivity index (χ1) is 29.3. The highest BCUT2D eigenvalue weighted by atomic mass is 16.6. The fourth-order valence-corrected chi connectivity index (χ4v) is 7.81. The number of ether oxygens (including phenoxy) is 4. The molecule has 9 heteroatoms. The Kier molecular flexibility index (Phi) is 41.9. The quantitative estimate of drug-likeness (QED) is 0.0336. The number of esters is 4. The number of likely N-dealkylation sites (N-methyl/N-ethyl adjacent to an activating group) is 1. The third-order valence-corrected chi connectivity index (χ3v) is 11.9. The maximum Gasteiger partial charge on any atom is 0.308 e. The molecule has 0 aromatic carbocycles. The summed E-state index contributed by atoms with van der Waals surface area (Å²) >= 11 is 0. The van der Waals surface area contributed by atoms with Crippen LogP contribution in [0.25, 0.3) is 0 Å². The molecule has 9 nitrogen and oxygen atoms in total. The van der Waals surface area contributed by atoms with Crippen LogP contribution in [0.2, 0.25) is 0 Å². The molecule has 3 unspecified atom stereocenters. The maximum absolute atomic E-state index is 13.0. The van der Waals surface area contributed by atoms with E-state index in [1.165, 1.54) is 103 Å². The molecule has 0 saturated heterocycles. The summed E-state index contributed by atoms with van der Waals surface area (Å²) in [5.74, 6) is -0.702. The third-order valence-electron chi connectivity index (χ3n) is 11.9. The zero-order valence-corrected chi connectivity index (χ0v) is 40.3. The Labute approximate surface area is 370 Å². The summed E-state index contributed by atoms with van der Waals surface area (Å²) in [6, 6.07) is 0. The average molecular weight is 852 g/mol. The zero-order chi connectivity index (χ0) is 44.3. The fraction of sp³-hybridized carbons (Fsp3) is 0.922. The summed E-state index contributed by atoms with van der Waals surface area (Å²) in [5.41, 5.74) is 0. The van der Waals surface area contributed by atoms with E-state index in [0.29, 0.717) is 32.6 Å². The number of carbonyl (C=O) groups is 4. The van der Waals surface area contributed by atoms with Crippen molar-refractivity contribution < 1.29 is 38.1 Å². The molecule has 0 aromatic heterocycles. The molecule has 60 heavy (non-hydrogen) atoms. The first kappa shape index (κ1) is 57.8. The molecule has 0 aliphatic heterocycles. The molecule has 0 heterocycles. The van der Waals surface area contributed by atoms with Gasteiger partial charge in [0.2, 0.25) is 0 Å². The minimum absolute atomic E-state index is 0.000144. The largest absolute Gasteiger partial charge is 0.465 e.